The Bertz CT molecular complexity index is 847. The summed E-state index contributed by atoms with van der Waals surface area (Å²) in [6.07, 6.45) is 0. The molecule has 6 heteroatoms. The Hall–Kier alpha value is -0.856. The molecule has 0 aliphatic carbocycles. The first-order valence-electron chi connectivity index (χ1n) is 8.40. The summed E-state index contributed by atoms with van der Waals surface area (Å²) in [7, 11) is 14.4. The van der Waals surface area contributed by atoms with Gasteiger partial charge in [-0.3, -0.25) is 0 Å². The predicted molar refractivity (Wildman–Crippen MR) is 117 cm³/mol. The topological polar surface area (TPSA) is 23.5 Å². The average molecular weight is 454 g/mol. The molecular formula is C21H22Cl2NOPTi. The van der Waals surface area contributed by atoms with Gasteiger partial charge in [0.25, 0.3) is 0 Å². The summed E-state index contributed by atoms with van der Waals surface area (Å²) in [5.41, 5.74) is 3.25. The number of halogens is 2. The van der Waals surface area contributed by atoms with Gasteiger partial charge in [-0.1, -0.05) is 81.4 Å². The van der Waals surface area contributed by atoms with Gasteiger partial charge < -0.3 is 10.0 Å². The molecule has 0 aromatic heterocycles. The number of phenols is 1. The molecule has 0 aliphatic heterocycles. The molecule has 0 amide bonds. The quantitative estimate of drug-likeness (QED) is 0.427. The van der Waals surface area contributed by atoms with Gasteiger partial charge in [0.15, 0.2) is 0 Å². The zero-order chi connectivity index (χ0) is 19.6. The van der Waals surface area contributed by atoms with Crippen molar-refractivity contribution in [2.75, 3.05) is 14.1 Å². The molecule has 0 saturated heterocycles. The van der Waals surface area contributed by atoms with Crippen molar-refractivity contribution >= 4 is 37.8 Å². The molecule has 1 N–H and O–H groups in total. The molecule has 1 atom stereocenters. The summed E-state index contributed by atoms with van der Waals surface area (Å²) in [4.78, 5) is 2.17. The Morgan fingerprint density at radius 3 is 2.11 bits per heavy atom. The zero-order valence-electron chi connectivity index (χ0n) is 15.3. The van der Waals surface area contributed by atoms with Crippen LogP contribution in [0.2, 0.25) is 0 Å². The van der Waals surface area contributed by atoms with Crippen molar-refractivity contribution in [1.29, 1.82) is 0 Å². The fourth-order valence-electron chi connectivity index (χ4n) is 2.76. The van der Waals surface area contributed by atoms with E-state index in [1.165, 1.54) is 10.9 Å². The first-order valence-corrected chi connectivity index (χ1v) is 13.7. The number of para-hydroxylation sites is 1. The molecule has 1 unspecified atom stereocenters. The summed E-state index contributed by atoms with van der Waals surface area (Å²) in [6, 6.07) is 24.5. The fraction of sp³-hybridized carbons (Fsp3) is 0.143. The summed E-state index contributed by atoms with van der Waals surface area (Å²) >= 11 is -0.556. The van der Waals surface area contributed by atoms with Crippen molar-refractivity contribution in [3.8, 4) is 16.9 Å². The second kappa shape index (κ2) is 11.9. The van der Waals surface area contributed by atoms with E-state index >= 15 is 0 Å². The van der Waals surface area contributed by atoms with E-state index in [1.54, 1.807) is 0 Å². The van der Waals surface area contributed by atoms with E-state index in [4.69, 9.17) is 18.6 Å². The third kappa shape index (κ3) is 6.91. The van der Waals surface area contributed by atoms with Gasteiger partial charge >= 0.3 is 35.6 Å². The van der Waals surface area contributed by atoms with E-state index in [1.807, 2.05) is 48.5 Å². The molecule has 27 heavy (non-hydrogen) atoms. The van der Waals surface area contributed by atoms with Gasteiger partial charge in [-0.15, -0.1) is 0 Å². The normalized spacial score (nSPS) is 10.7. The maximum absolute atomic E-state index is 10.8. The Morgan fingerprint density at radius 1 is 0.852 bits per heavy atom. The summed E-state index contributed by atoms with van der Waals surface area (Å²) in [5.74, 6) is 0.390. The molecule has 0 bridgehead atoms. The van der Waals surface area contributed by atoms with Crippen LogP contribution in [0.25, 0.3) is 11.1 Å². The molecule has 0 spiro atoms. The van der Waals surface area contributed by atoms with Crippen molar-refractivity contribution < 1.29 is 22.1 Å². The Balaban J connectivity index is 0.000000817. The van der Waals surface area contributed by atoms with Crippen molar-refractivity contribution in [3.05, 3.63) is 78.4 Å². The maximum atomic E-state index is 10.8. The summed E-state index contributed by atoms with van der Waals surface area (Å²) < 4.78 is 0. The van der Waals surface area contributed by atoms with Crippen LogP contribution < -0.4 is 10.6 Å². The second-order valence-corrected chi connectivity index (χ2v) is 10.1. The summed E-state index contributed by atoms with van der Waals surface area (Å²) in [6.45, 7) is 0.905. The van der Waals surface area contributed by atoms with Crippen LogP contribution in [0.4, 0.5) is 0 Å². The number of rotatable bonds is 5. The van der Waals surface area contributed by atoms with E-state index in [2.05, 4.69) is 43.3 Å². The molecule has 0 aliphatic rings. The standard InChI is InChI=1S/C21H22NOP.2ClH.Ti/c1-22(2)15-17-11-6-7-13-19(17)24-20-14-8-12-18(21(20)23)16-9-4-3-5-10-16;;;/h3-14,23-24H,15H2,1-2H3;2*1H;/q;;;+2/p-2. The number of hydrogen-bond donors (Lipinski definition) is 1. The number of nitrogens with zero attached hydrogens (tertiary/aromatic N) is 1. The van der Waals surface area contributed by atoms with Gasteiger partial charge in [-0.2, -0.15) is 0 Å². The summed E-state index contributed by atoms with van der Waals surface area (Å²) in [5, 5.41) is 13.0. The number of aromatic hydroxyl groups is 1. The molecular weight excluding hydrogens is 432 g/mol. The van der Waals surface area contributed by atoms with E-state index in [-0.39, 0.29) is 0 Å². The van der Waals surface area contributed by atoms with Crippen LogP contribution >= 0.6 is 27.2 Å². The van der Waals surface area contributed by atoms with Gasteiger partial charge in [-0.25, -0.2) is 0 Å². The second-order valence-electron chi connectivity index (χ2n) is 6.16. The molecule has 3 aromatic carbocycles. The van der Waals surface area contributed by atoms with Crippen molar-refractivity contribution in [2.45, 2.75) is 6.54 Å². The predicted octanol–water partition coefficient (Wildman–Crippen LogP) is 5.13. The van der Waals surface area contributed by atoms with Crippen LogP contribution in [0.1, 0.15) is 5.56 Å². The van der Waals surface area contributed by atoms with Crippen molar-refractivity contribution in [1.82, 2.24) is 4.90 Å². The molecule has 0 radical (unpaired) electrons. The number of hydrogen-bond acceptors (Lipinski definition) is 2. The molecule has 0 heterocycles. The molecule has 3 aromatic rings. The average Bonchev–Trinajstić information content (AvgIpc) is 2.66. The van der Waals surface area contributed by atoms with Crippen LogP contribution in [0.3, 0.4) is 0 Å². The molecule has 140 valence electrons. The van der Waals surface area contributed by atoms with Crippen LogP contribution in [0, 0.1) is 0 Å². The van der Waals surface area contributed by atoms with Crippen LogP contribution in [0.5, 0.6) is 5.75 Å². The molecule has 3 rings (SSSR count). The van der Waals surface area contributed by atoms with E-state index in [9.17, 15) is 5.11 Å². The first-order chi connectivity index (χ1) is 13.1. The number of benzene rings is 3. The van der Waals surface area contributed by atoms with Crippen LogP contribution in [-0.4, -0.2) is 24.1 Å². The third-order valence-electron chi connectivity index (χ3n) is 3.89. The Morgan fingerprint density at radius 2 is 1.44 bits per heavy atom. The minimum atomic E-state index is -0.556. The van der Waals surface area contributed by atoms with Gasteiger partial charge in [0.1, 0.15) is 5.75 Å². The molecule has 2 nitrogen and oxygen atoms in total. The van der Waals surface area contributed by atoms with Crippen LogP contribution in [0.15, 0.2) is 72.8 Å². The molecule has 0 fully saturated rings. The molecule has 0 saturated carbocycles. The van der Waals surface area contributed by atoms with E-state index in [0.29, 0.717) is 14.3 Å². The van der Waals surface area contributed by atoms with Gasteiger partial charge in [0, 0.05) is 17.4 Å². The minimum absolute atomic E-state index is 0.390. The first kappa shape index (κ1) is 22.4. The number of phenolic OH excluding ortho intramolecular Hbond substituents is 1. The van der Waals surface area contributed by atoms with Gasteiger partial charge in [0.2, 0.25) is 0 Å². The third-order valence-corrected chi connectivity index (χ3v) is 5.32. The SMILES string of the molecule is CN(C)Cc1ccccc1Pc1cccc(-c2ccccc2)c1O.[Cl][Ti][Cl]. The van der Waals surface area contributed by atoms with Gasteiger partial charge in [0.05, 0.1) is 0 Å². The van der Waals surface area contributed by atoms with Crippen molar-refractivity contribution in [2.24, 2.45) is 0 Å². The van der Waals surface area contributed by atoms with Crippen LogP contribution in [-0.2, 0) is 23.6 Å². The van der Waals surface area contributed by atoms with Crippen molar-refractivity contribution in [3.63, 3.8) is 0 Å². The van der Waals surface area contributed by atoms with E-state index < -0.39 is 17.0 Å². The monoisotopic (exact) mass is 453 g/mol. The zero-order valence-corrected chi connectivity index (χ0v) is 19.4. The Labute approximate surface area is 180 Å². The Kier molecular flexibility index (Phi) is 9.86. The van der Waals surface area contributed by atoms with Gasteiger partial charge in [-0.05, 0) is 30.5 Å². The van der Waals surface area contributed by atoms with E-state index in [0.717, 1.165) is 23.0 Å². The fourth-order valence-corrected chi connectivity index (χ4v) is 3.99.